The second kappa shape index (κ2) is 6.78. The van der Waals surface area contributed by atoms with Crippen LogP contribution >= 0.6 is 0 Å². The number of morpholine rings is 1. The number of hydrogen-bond donors (Lipinski definition) is 3. The van der Waals surface area contributed by atoms with Crippen molar-refractivity contribution >= 4 is 16.6 Å². The molecule has 9 heteroatoms. The zero-order valence-electron chi connectivity index (χ0n) is 15.8. The number of phenolic OH excluding ortho intramolecular Hbond substituents is 1. The molecular formula is C20H20N6O3. The average Bonchev–Trinajstić information content (AvgIpc) is 3.30. The van der Waals surface area contributed by atoms with Gasteiger partial charge in [0.05, 0.1) is 35.7 Å². The molecule has 0 spiro atoms. The number of aryl methyl sites for hydroxylation is 1. The van der Waals surface area contributed by atoms with Crippen LogP contribution in [-0.4, -0.2) is 61.5 Å². The molecular weight excluding hydrogens is 372 g/mol. The smallest absolute Gasteiger partial charge is 0.319 e. The number of nitrogens with zero attached hydrogens (tertiary/aromatic N) is 5. The minimum absolute atomic E-state index is 0.0275. The summed E-state index contributed by atoms with van der Waals surface area (Å²) in [5.41, 5.74) is 3.79. The topological polar surface area (TPSA) is 112 Å². The summed E-state index contributed by atoms with van der Waals surface area (Å²) in [5, 5.41) is 36.7. The van der Waals surface area contributed by atoms with Gasteiger partial charge >= 0.3 is 6.01 Å². The molecule has 29 heavy (non-hydrogen) atoms. The van der Waals surface area contributed by atoms with E-state index >= 15 is 0 Å². The minimum atomic E-state index is -0.248. The van der Waals surface area contributed by atoms with Crippen molar-refractivity contribution in [2.75, 3.05) is 31.2 Å². The van der Waals surface area contributed by atoms with Gasteiger partial charge in [-0.1, -0.05) is 5.10 Å². The zero-order chi connectivity index (χ0) is 20.0. The summed E-state index contributed by atoms with van der Waals surface area (Å²) in [6, 6.07) is 10.9. The van der Waals surface area contributed by atoms with Gasteiger partial charge in [-0.3, -0.25) is 5.10 Å². The van der Waals surface area contributed by atoms with Crippen molar-refractivity contribution in [3.63, 3.8) is 0 Å². The van der Waals surface area contributed by atoms with Crippen LogP contribution in [0.3, 0.4) is 0 Å². The fourth-order valence-corrected chi connectivity index (χ4v) is 3.69. The maximum absolute atomic E-state index is 10.5. The first-order chi connectivity index (χ1) is 14.1. The third-order valence-electron chi connectivity index (χ3n) is 5.24. The summed E-state index contributed by atoms with van der Waals surface area (Å²) in [7, 11) is 0. The highest BCUT2D eigenvalue weighted by Gasteiger charge is 2.20. The molecule has 148 valence electrons. The van der Waals surface area contributed by atoms with E-state index in [1.807, 2.05) is 31.2 Å². The second-order valence-electron chi connectivity index (χ2n) is 7.00. The molecule has 0 saturated carbocycles. The van der Waals surface area contributed by atoms with Crippen LogP contribution in [-0.2, 0) is 4.74 Å². The van der Waals surface area contributed by atoms with Crippen LogP contribution in [0, 0.1) is 6.92 Å². The van der Waals surface area contributed by atoms with Gasteiger partial charge in [-0.2, -0.15) is 5.10 Å². The second-order valence-corrected chi connectivity index (χ2v) is 7.00. The van der Waals surface area contributed by atoms with Crippen LogP contribution in [0.4, 0.5) is 5.69 Å². The van der Waals surface area contributed by atoms with Crippen molar-refractivity contribution in [3.8, 4) is 28.8 Å². The van der Waals surface area contributed by atoms with Crippen molar-refractivity contribution in [3.05, 3.63) is 42.1 Å². The van der Waals surface area contributed by atoms with E-state index in [9.17, 15) is 10.2 Å². The van der Waals surface area contributed by atoms with Gasteiger partial charge in [0.2, 0.25) is 0 Å². The van der Waals surface area contributed by atoms with E-state index in [1.165, 1.54) is 4.57 Å². The molecule has 1 fully saturated rings. The highest BCUT2D eigenvalue weighted by atomic mass is 16.5. The average molecular weight is 392 g/mol. The Bertz CT molecular complexity index is 1180. The van der Waals surface area contributed by atoms with Crippen molar-refractivity contribution in [2.45, 2.75) is 6.92 Å². The van der Waals surface area contributed by atoms with Gasteiger partial charge in [-0.15, -0.1) is 5.10 Å². The minimum Gasteiger partial charge on any atom is -0.507 e. The number of aromatic amines is 1. The molecule has 1 aliphatic heterocycles. The Kier molecular flexibility index (Phi) is 4.09. The number of ether oxygens (including phenoxy) is 1. The number of benzene rings is 2. The lowest BCUT2D eigenvalue weighted by molar-refractivity contribution is 0.122. The molecule has 1 aliphatic rings. The fraction of sp³-hybridized carbons (Fsp3) is 0.250. The predicted molar refractivity (Wildman–Crippen MR) is 108 cm³/mol. The first kappa shape index (κ1) is 17.5. The van der Waals surface area contributed by atoms with E-state index in [-0.39, 0.29) is 11.8 Å². The van der Waals surface area contributed by atoms with Gasteiger partial charge in [-0.05, 0) is 37.3 Å². The van der Waals surface area contributed by atoms with E-state index in [4.69, 9.17) is 4.74 Å². The van der Waals surface area contributed by atoms with Crippen LogP contribution in [0.25, 0.3) is 28.0 Å². The Balaban J connectivity index is 1.57. The van der Waals surface area contributed by atoms with Gasteiger partial charge in [0.25, 0.3) is 0 Å². The van der Waals surface area contributed by atoms with Crippen LogP contribution in [0.5, 0.6) is 11.8 Å². The number of nitrogens with one attached hydrogen (secondary N) is 1. The van der Waals surface area contributed by atoms with E-state index in [0.29, 0.717) is 30.3 Å². The van der Waals surface area contributed by atoms with Crippen LogP contribution < -0.4 is 4.90 Å². The molecule has 0 amide bonds. The first-order valence-corrected chi connectivity index (χ1v) is 9.37. The number of H-pyrrole nitrogens is 1. The van der Waals surface area contributed by atoms with Gasteiger partial charge in [0, 0.05) is 30.2 Å². The number of rotatable bonds is 3. The lowest BCUT2D eigenvalue weighted by Gasteiger charge is -2.29. The molecule has 2 aromatic heterocycles. The van der Waals surface area contributed by atoms with Crippen molar-refractivity contribution in [1.82, 2.24) is 25.0 Å². The number of hydrogen-bond acceptors (Lipinski definition) is 7. The van der Waals surface area contributed by atoms with Crippen LogP contribution in [0.15, 0.2) is 36.4 Å². The monoisotopic (exact) mass is 392 g/mol. The maximum Gasteiger partial charge on any atom is 0.319 e. The van der Waals surface area contributed by atoms with E-state index in [2.05, 4.69) is 25.3 Å². The fourth-order valence-electron chi connectivity index (χ4n) is 3.69. The number of aromatic nitrogens is 5. The Morgan fingerprint density at radius 3 is 2.48 bits per heavy atom. The number of aromatic hydroxyl groups is 2. The van der Waals surface area contributed by atoms with Crippen molar-refractivity contribution < 1.29 is 14.9 Å². The van der Waals surface area contributed by atoms with Crippen LogP contribution in [0.1, 0.15) is 5.69 Å². The molecule has 0 atom stereocenters. The number of phenols is 1. The summed E-state index contributed by atoms with van der Waals surface area (Å²) in [5.74, 6) is 0.376. The Morgan fingerprint density at radius 2 is 1.72 bits per heavy atom. The normalized spacial score (nSPS) is 14.6. The first-order valence-electron chi connectivity index (χ1n) is 9.37. The summed E-state index contributed by atoms with van der Waals surface area (Å²) < 4.78 is 6.92. The lowest BCUT2D eigenvalue weighted by atomic mass is 10.1. The zero-order valence-corrected chi connectivity index (χ0v) is 15.8. The standard InChI is InChI=1S/C20H20N6O3/c1-12-15-10-16(18(27)11-17(15)22-21-12)19-23-24-20(28)26(19)14-4-2-13(3-5-14)25-6-8-29-9-7-25/h2-5,10-11,27H,6-9H2,1H3,(H,21,22)(H,24,28). The lowest BCUT2D eigenvalue weighted by Crippen LogP contribution is -2.36. The van der Waals surface area contributed by atoms with E-state index < -0.39 is 0 Å². The van der Waals surface area contributed by atoms with Crippen LogP contribution in [0.2, 0.25) is 0 Å². The Labute approximate surface area is 166 Å². The molecule has 5 rings (SSSR count). The largest absolute Gasteiger partial charge is 0.507 e. The summed E-state index contributed by atoms with van der Waals surface area (Å²) in [6.45, 7) is 5.01. The van der Waals surface area contributed by atoms with Gasteiger partial charge < -0.3 is 19.8 Å². The maximum atomic E-state index is 10.5. The predicted octanol–water partition coefficient (Wildman–Crippen LogP) is 2.37. The number of anilines is 1. The van der Waals surface area contributed by atoms with Gasteiger partial charge in [-0.25, -0.2) is 4.57 Å². The third kappa shape index (κ3) is 2.95. The van der Waals surface area contributed by atoms with Gasteiger partial charge in [0.15, 0.2) is 5.82 Å². The highest BCUT2D eigenvalue weighted by Crippen LogP contribution is 2.35. The third-order valence-corrected chi connectivity index (χ3v) is 5.24. The molecule has 9 nitrogen and oxygen atoms in total. The number of fused-ring (bicyclic) bond motifs is 1. The molecule has 0 aliphatic carbocycles. The summed E-state index contributed by atoms with van der Waals surface area (Å²) in [6.07, 6.45) is 0. The highest BCUT2D eigenvalue weighted by molar-refractivity contribution is 5.88. The Morgan fingerprint density at radius 1 is 1.00 bits per heavy atom. The van der Waals surface area contributed by atoms with Crippen molar-refractivity contribution in [2.24, 2.45) is 0 Å². The Hall–Kier alpha value is -3.59. The van der Waals surface area contributed by atoms with Crippen molar-refractivity contribution in [1.29, 1.82) is 0 Å². The molecule has 2 aromatic carbocycles. The molecule has 0 unspecified atom stereocenters. The molecule has 1 saturated heterocycles. The summed E-state index contributed by atoms with van der Waals surface area (Å²) in [4.78, 5) is 2.25. The SMILES string of the molecule is Cc1n[nH]c2cc(O)c(-c3nnc(O)n3-c3ccc(N4CCOCC4)cc3)cc12. The molecule has 0 bridgehead atoms. The van der Waals surface area contributed by atoms with Gasteiger partial charge in [0.1, 0.15) is 5.75 Å². The summed E-state index contributed by atoms with van der Waals surface area (Å²) >= 11 is 0. The molecule has 3 N–H and O–H groups in total. The molecule has 3 heterocycles. The molecule has 0 radical (unpaired) electrons. The quantitative estimate of drug-likeness (QED) is 0.491. The van der Waals surface area contributed by atoms with E-state index in [1.54, 1.807) is 12.1 Å². The molecule has 4 aromatic rings. The van der Waals surface area contributed by atoms with E-state index in [0.717, 1.165) is 35.4 Å².